The van der Waals surface area contributed by atoms with Gasteiger partial charge in [0.1, 0.15) is 0 Å². The minimum atomic E-state index is -0.131. The molecule has 0 bridgehead atoms. The third-order valence-electron chi connectivity index (χ3n) is 4.11. The number of aliphatic hydroxyl groups excluding tert-OH is 1. The molecule has 0 aliphatic heterocycles. The Morgan fingerprint density at radius 3 is 2.32 bits per heavy atom. The maximum absolute atomic E-state index is 9.62. The van der Waals surface area contributed by atoms with Crippen LogP contribution in [0.1, 0.15) is 66.7 Å². The molecule has 2 N–H and O–H groups in total. The molecular weight excluding hydrogens is 236 g/mol. The molecule has 3 heteroatoms. The largest absolute Gasteiger partial charge is 0.394 e. The molecule has 0 radical (unpaired) electrons. The van der Waals surface area contributed by atoms with E-state index in [4.69, 9.17) is 0 Å². The molecule has 0 spiro atoms. The van der Waals surface area contributed by atoms with Crippen LogP contribution in [-0.2, 0) is 0 Å². The predicted molar refractivity (Wildman–Crippen MR) is 84.6 cm³/mol. The number of hydrogen-bond acceptors (Lipinski definition) is 3. The van der Waals surface area contributed by atoms with E-state index in [1.807, 2.05) is 0 Å². The second-order valence-electron chi connectivity index (χ2n) is 6.04. The highest BCUT2D eigenvalue weighted by atomic mass is 16.3. The standard InChI is InChI=1S/C16H36N2O/c1-6-9-12-18(15(4)8-3)13-10-16(5,14-19)17-11-7-2/h15,17,19H,6-14H2,1-5H3. The molecule has 2 unspecified atom stereocenters. The Morgan fingerprint density at radius 1 is 1.16 bits per heavy atom. The summed E-state index contributed by atoms with van der Waals surface area (Å²) in [5, 5.41) is 13.1. The Labute approximate surface area is 120 Å². The molecule has 0 saturated carbocycles. The molecule has 0 aromatic rings. The Morgan fingerprint density at radius 2 is 1.84 bits per heavy atom. The van der Waals surface area contributed by atoms with Gasteiger partial charge < -0.3 is 15.3 Å². The van der Waals surface area contributed by atoms with Crippen molar-refractivity contribution >= 4 is 0 Å². The van der Waals surface area contributed by atoms with E-state index in [0.717, 1.165) is 25.9 Å². The molecule has 0 heterocycles. The quantitative estimate of drug-likeness (QED) is 0.573. The van der Waals surface area contributed by atoms with Crippen molar-refractivity contribution in [1.29, 1.82) is 0 Å². The van der Waals surface area contributed by atoms with E-state index in [2.05, 4.69) is 44.8 Å². The zero-order valence-electron chi connectivity index (χ0n) is 13.8. The maximum atomic E-state index is 9.62. The molecule has 0 saturated heterocycles. The Bertz CT molecular complexity index is 211. The fourth-order valence-electron chi connectivity index (χ4n) is 2.21. The molecule has 0 aliphatic carbocycles. The van der Waals surface area contributed by atoms with Gasteiger partial charge in [0.05, 0.1) is 6.61 Å². The molecule has 2 atom stereocenters. The van der Waals surface area contributed by atoms with E-state index in [-0.39, 0.29) is 12.1 Å². The van der Waals surface area contributed by atoms with Gasteiger partial charge in [-0.05, 0) is 52.6 Å². The molecule has 19 heavy (non-hydrogen) atoms. The van der Waals surface area contributed by atoms with Crippen molar-refractivity contribution in [2.24, 2.45) is 0 Å². The summed E-state index contributed by atoms with van der Waals surface area (Å²) in [6.07, 6.45) is 5.83. The van der Waals surface area contributed by atoms with Gasteiger partial charge in [-0.3, -0.25) is 0 Å². The predicted octanol–water partition coefficient (Wildman–Crippen LogP) is 3.03. The van der Waals surface area contributed by atoms with Gasteiger partial charge >= 0.3 is 0 Å². The van der Waals surface area contributed by atoms with Gasteiger partial charge in [0.25, 0.3) is 0 Å². The summed E-state index contributed by atoms with van der Waals surface area (Å²) in [6.45, 7) is 14.6. The fourth-order valence-corrected chi connectivity index (χ4v) is 2.21. The number of rotatable bonds is 12. The zero-order valence-corrected chi connectivity index (χ0v) is 13.8. The summed E-state index contributed by atoms with van der Waals surface area (Å²) in [5.74, 6) is 0. The summed E-state index contributed by atoms with van der Waals surface area (Å²) in [7, 11) is 0. The Balaban J connectivity index is 4.32. The van der Waals surface area contributed by atoms with Gasteiger partial charge in [0.15, 0.2) is 0 Å². The molecule has 0 aromatic carbocycles. The van der Waals surface area contributed by atoms with Crippen LogP contribution in [0.15, 0.2) is 0 Å². The van der Waals surface area contributed by atoms with E-state index in [0.29, 0.717) is 6.04 Å². The first-order chi connectivity index (χ1) is 9.02. The lowest BCUT2D eigenvalue weighted by molar-refractivity contribution is 0.129. The van der Waals surface area contributed by atoms with Gasteiger partial charge in [-0.2, -0.15) is 0 Å². The van der Waals surface area contributed by atoms with Crippen molar-refractivity contribution in [2.45, 2.75) is 78.3 Å². The van der Waals surface area contributed by atoms with E-state index in [1.165, 1.54) is 25.8 Å². The summed E-state index contributed by atoms with van der Waals surface area (Å²) in [4.78, 5) is 2.57. The summed E-state index contributed by atoms with van der Waals surface area (Å²) < 4.78 is 0. The lowest BCUT2D eigenvalue weighted by Crippen LogP contribution is -2.49. The average Bonchev–Trinajstić information content (AvgIpc) is 2.44. The number of nitrogens with zero attached hydrogens (tertiary/aromatic N) is 1. The number of unbranched alkanes of at least 4 members (excludes halogenated alkanes) is 1. The van der Waals surface area contributed by atoms with Crippen molar-refractivity contribution in [2.75, 3.05) is 26.2 Å². The van der Waals surface area contributed by atoms with Crippen LogP contribution in [0.3, 0.4) is 0 Å². The van der Waals surface area contributed by atoms with Crippen LogP contribution in [0.5, 0.6) is 0 Å². The van der Waals surface area contributed by atoms with Crippen LogP contribution in [-0.4, -0.2) is 47.8 Å². The maximum Gasteiger partial charge on any atom is 0.0611 e. The van der Waals surface area contributed by atoms with Gasteiger partial charge in [-0.15, -0.1) is 0 Å². The highest BCUT2D eigenvalue weighted by Gasteiger charge is 2.24. The highest BCUT2D eigenvalue weighted by Crippen LogP contribution is 2.13. The molecule has 3 nitrogen and oxygen atoms in total. The van der Waals surface area contributed by atoms with Crippen LogP contribution < -0.4 is 5.32 Å². The van der Waals surface area contributed by atoms with E-state index < -0.39 is 0 Å². The first-order valence-electron chi connectivity index (χ1n) is 8.12. The molecule has 0 amide bonds. The van der Waals surface area contributed by atoms with E-state index in [9.17, 15) is 5.11 Å². The van der Waals surface area contributed by atoms with Gasteiger partial charge in [0.2, 0.25) is 0 Å². The second kappa shape index (κ2) is 10.6. The number of aliphatic hydroxyl groups is 1. The van der Waals surface area contributed by atoms with Crippen LogP contribution in [0, 0.1) is 0 Å². The van der Waals surface area contributed by atoms with Gasteiger partial charge in [-0.25, -0.2) is 0 Å². The average molecular weight is 272 g/mol. The SMILES string of the molecule is CCCCN(CCC(C)(CO)NCCC)C(C)CC. The highest BCUT2D eigenvalue weighted by molar-refractivity contribution is 4.84. The molecule has 0 aromatic heterocycles. The first-order valence-corrected chi connectivity index (χ1v) is 8.12. The van der Waals surface area contributed by atoms with Gasteiger partial charge in [0, 0.05) is 18.1 Å². The van der Waals surface area contributed by atoms with Crippen LogP contribution in [0.2, 0.25) is 0 Å². The number of nitrogens with one attached hydrogen (secondary N) is 1. The van der Waals surface area contributed by atoms with E-state index in [1.54, 1.807) is 0 Å². The van der Waals surface area contributed by atoms with Crippen molar-refractivity contribution in [3.63, 3.8) is 0 Å². The Hall–Kier alpha value is -0.120. The third kappa shape index (κ3) is 7.91. The first kappa shape index (κ1) is 18.9. The monoisotopic (exact) mass is 272 g/mol. The van der Waals surface area contributed by atoms with Crippen molar-refractivity contribution in [3.05, 3.63) is 0 Å². The Kier molecular flexibility index (Phi) is 10.6. The lowest BCUT2D eigenvalue weighted by atomic mass is 9.97. The summed E-state index contributed by atoms with van der Waals surface area (Å²) >= 11 is 0. The topological polar surface area (TPSA) is 35.5 Å². The fraction of sp³-hybridized carbons (Fsp3) is 1.00. The van der Waals surface area contributed by atoms with Crippen molar-refractivity contribution in [3.8, 4) is 0 Å². The minimum Gasteiger partial charge on any atom is -0.394 e. The third-order valence-corrected chi connectivity index (χ3v) is 4.11. The molecular formula is C16H36N2O. The zero-order chi connectivity index (χ0) is 14.7. The molecule has 0 fully saturated rings. The van der Waals surface area contributed by atoms with Crippen molar-refractivity contribution in [1.82, 2.24) is 10.2 Å². The van der Waals surface area contributed by atoms with E-state index >= 15 is 0 Å². The summed E-state index contributed by atoms with van der Waals surface area (Å²) in [6, 6.07) is 0.640. The van der Waals surface area contributed by atoms with Gasteiger partial charge in [-0.1, -0.05) is 27.2 Å². The normalized spacial score (nSPS) is 16.6. The second-order valence-corrected chi connectivity index (χ2v) is 6.04. The molecule has 0 rings (SSSR count). The van der Waals surface area contributed by atoms with Crippen LogP contribution >= 0.6 is 0 Å². The lowest BCUT2D eigenvalue weighted by Gasteiger charge is -2.34. The molecule has 116 valence electrons. The smallest absolute Gasteiger partial charge is 0.0611 e. The summed E-state index contributed by atoms with van der Waals surface area (Å²) in [5.41, 5.74) is -0.131. The molecule has 0 aliphatic rings. The number of hydrogen-bond donors (Lipinski definition) is 2. The van der Waals surface area contributed by atoms with Crippen LogP contribution in [0.25, 0.3) is 0 Å². The van der Waals surface area contributed by atoms with Crippen molar-refractivity contribution < 1.29 is 5.11 Å². The minimum absolute atomic E-state index is 0.131. The van der Waals surface area contributed by atoms with Crippen LogP contribution in [0.4, 0.5) is 0 Å².